The van der Waals surface area contributed by atoms with Crippen LogP contribution in [0, 0.1) is 0 Å². The van der Waals surface area contributed by atoms with Crippen LogP contribution in [0.1, 0.15) is 0 Å². The maximum Gasteiger partial charge on any atom is 0.273 e. The fourth-order valence-electron chi connectivity index (χ4n) is 2.40. The lowest BCUT2D eigenvalue weighted by Crippen LogP contribution is -2.14. The quantitative estimate of drug-likeness (QED) is 0.617. The molecule has 3 aromatic heterocycles. The van der Waals surface area contributed by atoms with Crippen LogP contribution >= 0.6 is 0 Å². The van der Waals surface area contributed by atoms with Gasteiger partial charge >= 0.3 is 0 Å². The van der Waals surface area contributed by atoms with Gasteiger partial charge in [0, 0.05) is 18.3 Å². The fourth-order valence-corrected chi connectivity index (χ4v) is 2.40. The number of nitrogens with one attached hydrogen (secondary N) is 1. The van der Waals surface area contributed by atoms with Crippen LogP contribution in [0.25, 0.3) is 28.3 Å². The molecule has 1 aromatic carbocycles. The number of fused-ring (bicyclic) bond motifs is 1. The van der Waals surface area contributed by atoms with E-state index in [1.54, 1.807) is 6.20 Å². The molecule has 0 unspecified atom stereocenters. The van der Waals surface area contributed by atoms with Gasteiger partial charge in [-0.2, -0.15) is 0 Å². The van der Waals surface area contributed by atoms with Crippen LogP contribution < -0.4 is 5.56 Å². The van der Waals surface area contributed by atoms with Gasteiger partial charge in [-0.25, -0.2) is 9.50 Å². The third-order valence-electron chi connectivity index (χ3n) is 3.46. The van der Waals surface area contributed by atoms with Crippen molar-refractivity contribution in [3.8, 4) is 22.6 Å². The van der Waals surface area contributed by atoms with Crippen molar-refractivity contribution < 1.29 is 0 Å². The average Bonchev–Trinajstić information content (AvgIpc) is 3.01. The van der Waals surface area contributed by atoms with Crippen molar-refractivity contribution in [2.45, 2.75) is 0 Å². The Morgan fingerprint density at radius 3 is 2.50 bits per heavy atom. The molecule has 4 rings (SSSR count). The first-order valence-electron chi connectivity index (χ1n) is 6.91. The Hall–Kier alpha value is -3.21. The molecule has 0 saturated carbocycles. The summed E-state index contributed by atoms with van der Waals surface area (Å²) in [5.74, 6) is 0. The Morgan fingerprint density at radius 2 is 1.73 bits per heavy atom. The molecule has 22 heavy (non-hydrogen) atoms. The van der Waals surface area contributed by atoms with E-state index in [0.717, 1.165) is 11.3 Å². The van der Waals surface area contributed by atoms with Gasteiger partial charge in [-0.1, -0.05) is 36.4 Å². The zero-order valence-corrected chi connectivity index (χ0v) is 11.6. The van der Waals surface area contributed by atoms with E-state index in [9.17, 15) is 4.79 Å². The predicted octanol–water partition coefficient (Wildman–Crippen LogP) is 2.75. The van der Waals surface area contributed by atoms with E-state index >= 15 is 0 Å². The number of benzene rings is 1. The van der Waals surface area contributed by atoms with Gasteiger partial charge in [0.2, 0.25) is 0 Å². The smallest absolute Gasteiger partial charge is 0.273 e. The van der Waals surface area contributed by atoms with Crippen molar-refractivity contribution >= 4 is 5.65 Å². The molecule has 0 saturated heterocycles. The van der Waals surface area contributed by atoms with E-state index in [1.165, 1.54) is 10.6 Å². The lowest BCUT2D eigenvalue weighted by Gasteiger charge is -1.99. The second kappa shape index (κ2) is 4.96. The Kier molecular flexibility index (Phi) is 2.83. The van der Waals surface area contributed by atoms with Crippen LogP contribution in [0.5, 0.6) is 0 Å². The van der Waals surface area contributed by atoms with Crippen molar-refractivity contribution in [2.24, 2.45) is 0 Å². The molecule has 0 aliphatic rings. The molecule has 5 nitrogen and oxygen atoms in total. The van der Waals surface area contributed by atoms with E-state index in [0.29, 0.717) is 17.0 Å². The van der Waals surface area contributed by atoms with Crippen LogP contribution in [0.4, 0.5) is 0 Å². The van der Waals surface area contributed by atoms with E-state index < -0.39 is 0 Å². The number of hydrogen-bond acceptors (Lipinski definition) is 3. The van der Waals surface area contributed by atoms with Crippen molar-refractivity contribution in [1.29, 1.82) is 0 Å². The molecular weight excluding hydrogens is 276 g/mol. The Bertz CT molecular complexity index is 988. The van der Waals surface area contributed by atoms with Crippen LogP contribution in [0.3, 0.4) is 0 Å². The molecule has 0 amide bonds. The average molecular weight is 288 g/mol. The second-order valence-electron chi connectivity index (χ2n) is 4.92. The molecule has 5 heteroatoms. The molecule has 3 heterocycles. The second-order valence-corrected chi connectivity index (χ2v) is 4.92. The van der Waals surface area contributed by atoms with Gasteiger partial charge in [-0.05, 0) is 17.7 Å². The first-order chi connectivity index (χ1) is 10.8. The molecule has 4 aromatic rings. The van der Waals surface area contributed by atoms with E-state index in [2.05, 4.69) is 15.1 Å². The third kappa shape index (κ3) is 2.09. The Labute approximate surface area is 125 Å². The van der Waals surface area contributed by atoms with Gasteiger partial charge in [0.25, 0.3) is 5.56 Å². The lowest BCUT2D eigenvalue weighted by atomic mass is 10.2. The topological polar surface area (TPSA) is 63.0 Å². The fraction of sp³-hybridized carbons (Fsp3) is 0. The minimum absolute atomic E-state index is 0.159. The maximum absolute atomic E-state index is 12.3. The van der Waals surface area contributed by atoms with E-state index in [-0.39, 0.29) is 5.56 Å². The summed E-state index contributed by atoms with van der Waals surface area (Å²) in [5.41, 5.74) is 3.53. The van der Waals surface area contributed by atoms with E-state index in [4.69, 9.17) is 0 Å². The minimum Gasteiger partial charge on any atom is -0.289 e. The first-order valence-corrected chi connectivity index (χ1v) is 6.91. The lowest BCUT2D eigenvalue weighted by molar-refractivity contribution is 0.903. The van der Waals surface area contributed by atoms with Gasteiger partial charge in [0.1, 0.15) is 0 Å². The number of hydrogen-bond donors (Lipinski definition) is 1. The monoisotopic (exact) mass is 288 g/mol. The van der Waals surface area contributed by atoms with Gasteiger partial charge in [0.15, 0.2) is 5.65 Å². The number of pyridine rings is 1. The molecule has 0 radical (unpaired) electrons. The highest BCUT2D eigenvalue weighted by Crippen LogP contribution is 2.19. The van der Waals surface area contributed by atoms with Crippen LogP contribution in [0.2, 0.25) is 0 Å². The summed E-state index contributed by atoms with van der Waals surface area (Å²) >= 11 is 0. The SMILES string of the molecule is O=c1cc(-c2ccccn2)nc2cc(-c3ccccc3)[nH]n12. The van der Waals surface area contributed by atoms with Crippen molar-refractivity contribution in [2.75, 3.05) is 0 Å². The summed E-state index contributed by atoms with van der Waals surface area (Å²) in [6, 6.07) is 18.7. The van der Waals surface area contributed by atoms with Crippen LogP contribution in [0.15, 0.2) is 71.7 Å². The highest BCUT2D eigenvalue weighted by molar-refractivity contribution is 5.65. The number of aromatic amines is 1. The number of rotatable bonds is 2. The van der Waals surface area contributed by atoms with E-state index in [1.807, 2.05) is 54.6 Å². The maximum atomic E-state index is 12.3. The standard InChI is InChI=1S/C17H12N4O/c22-17-11-15(13-8-4-5-9-18-13)19-16-10-14(20-21(16)17)12-6-2-1-3-7-12/h1-11,20H. The Balaban J connectivity index is 1.91. The molecule has 0 bridgehead atoms. The summed E-state index contributed by atoms with van der Waals surface area (Å²) in [6.07, 6.45) is 1.69. The zero-order chi connectivity index (χ0) is 14.9. The van der Waals surface area contributed by atoms with Crippen molar-refractivity contribution in [3.05, 3.63) is 77.2 Å². The summed E-state index contributed by atoms with van der Waals surface area (Å²) in [6.45, 7) is 0. The molecule has 0 spiro atoms. The molecule has 0 fully saturated rings. The molecule has 0 aliphatic heterocycles. The van der Waals surface area contributed by atoms with Gasteiger partial charge in [-0.15, -0.1) is 0 Å². The molecule has 0 aliphatic carbocycles. The van der Waals surface area contributed by atoms with Gasteiger partial charge < -0.3 is 0 Å². The van der Waals surface area contributed by atoms with Gasteiger partial charge in [-0.3, -0.25) is 14.9 Å². The first kappa shape index (κ1) is 12.5. The number of aromatic nitrogens is 4. The van der Waals surface area contributed by atoms with Crippen LogP contribution in [-0.4, -0.2) is 19.6 Å². The summed E-state index contributed by atoms with van der Waals surface area (Å²) in [5, 5.41) is 3.08. The third-order valence-corrected chi connectivity index (χ3v) is 3.46. The number of H-pyrrole nitrogens is 1. The molecule has 1 N–H and O–H groups in total. The normalized spacial score (nSPS) is 10.9. The Morgan fingerprint density at radius 1 is 0.909 bits per heavy atom. The molecular formula is C17H12N4O. The summed E-state index contributed by atoms with van der Waals surface area (Å²) in [4.78, 5) is 21.0. The summed E-state index contributed by atoms with van der Waals surface area (Å²) in [7, 11) is 0. The minimum atomic E-state index is -0.159. The molecule has 0 atom stereocenters. The van der Waals surface area contributed by atoms with Crippen molar-refractivity contribution in [3.63, 3.8) is 0 Å². The summed E-state index contributed by atoms with van der Waals surface area (Å²) < 4.78 is 1.44. The number of nitrogens with zero attached hydrogens (tertiary/aromatic N) is 3. The highest BCUT2D eigenvalue weighted by atomic mass is 16.1. The van der Waals surface area contributed by atoms with Crippen molar-refractivity contribution in [1.82, 2.24) is 19.6 Å². The predicted molar refractivity (Wildman–Crippen MR) is 84.5 cm³/mol. The van der Waals surface area contributed by atoms with Crippen LogP contribution in [-0.2, 0) is 0 Å². The molecule has 106 valence electrons. The zero-order valence-electron chi connectivity index (χ0n) is 11.6. The largest absolute Gasteiger partial charge is 0.289 e. The van der Waals surface area contributed by atoms with Gasteiger partial charge in [0.05, 0.1) is 17.1 Å². The highest BCUT2D eigenvalue weighted by Gasteiger charge is 2.09.